The number of alkyl halides is 4. The van der Waals surface area contributed by atoms with E-state index < -0.39 is 42.2 Å². The number of hydrogen-bond acceptors (Lipinski definition) is 7. The average Bonchev–Trinajstić information content (AvgIpc) is 3.90. The van der Waals surface area contributed by atoms with E-state index in [-0.39, 0.29) is 55.0 Å². The largest absolute Gasteiger partial charge is 0.344 e. The van der Waals surface area contributed by atoms with Crippen molar-refractivity contribution in [2.75, 3.05) is 0 Å². The summed E-state index contributed by atoms with van der Waals surface area (Å²) in [6.07, 6.45) is 7.29. The SMILES string of the molecule is O=C(N[C@H](c1cn2ncc(C(NC(=O)C(F)(F)CC3CC3)C3CC3)cc2n1)C1CCC(F)(F)CC1)c1nonc1C1CC1. The molecular weight excluding hydrogens is 570 g/mol. The van der Waals surface area contributed by atoms with Crippen LogP contribution in [-0.4, -0.2) is 48.6 Å². The fourth-order valence-corrected chi connectivity index (χ4v) is 6.17. The molecule has 4 aliphatic rings. The summed E-state index contributed by atoms with van der Waals surface area (Å²) in [5.74, 6) is -8.27. The Hall–Kier alpha value is -3.58. The fourth-order valence-electron chi connectivity index (χ4n) is 6.17. The number of fused-ring (bicyclic) bond motifs is 1. The molecule has 0 aromatic carbocycles. The van der Waals surface area contributed by atoms with E-state index in [1.807, 2.05) is 0 Å². The monoisotopic (exact) mass is 603 g/mol. The van der Waals surface area contributed by atoms with Crippen molar-refractivity contribution in [2.45, 2.75) is 100 Å². The zero-order valence-electron chi connectivity index (χ0n) is 23.4. The third-order valence-electron chi connectivity index (χ3n) is 9.20. The highest BCUT2D eigenvalue weighted by Crippen LogP contribution is 2.45. The number of carbonyl (C=O) groups is 2. The zero-order valence-corrected chi connectivity index (χ0v) is 23.4. The highest BCUT2D eigenvalue weighted by Gasteiger charge is 2.46. The van der Waals surface area contributed by atoms with Crippen molar-refractivity contribution in [2.24, 2.45) is 17.8 Å². The maximum absolute atomic E-state index is 14.6. The van der Waals surface area contributed by atoms with Crippen LogP contribution in [-0.2, 0) is 4.79 Å². The van der Waals surface area contributed by atoms with E-state index in [1.54, 1.807) is 12.3 Å². The maximum atomic E-state index is 14.6. The number of aromatic nitrogens is 5. The molecule has 2 N–H and O–H groups in total. The van der Waals surface area contributed by atoms with E-state index in [9.17, 15) is 27.2 Å². The minimum Gasteiger partial charge on any atom is -0.344 e. The van der Waals surface area contributed by atoms with E-state index in [0.717, 1.165) is 38.5 Å². The number of amides is 2. The lowest BCUT2D eigenvalue weighted by atomic mass is 9.81. The third kappa shape index (κ3) is 6.10. The lowest BCUT2D eigenvalue weighted by Gasteiger charge is -2.33. The van der Waals surface area contributed by atoms with Crippen LogP contribution in [0.5, 0.6) is 0 Å². The van der Waals surface area contributed by atoms with E-state index in [0.29, 0.717) is 22.6 Å². The Balaban J connectivity index is 1.15. The molecule has 14 heteroatoms. The molecule has 43 heavy (non-hydrogen) atoms. The standard InChI is InChI=1S/C29H33F4N7O3/c30-28(31)9-7-18(8-10-28)23(36-26(41)25-24(17-5-6-17)38-43-39-25)20-14-40-21(35-20)11-19(13-34-40)22(16-3-4-16)37-27(42)29(32,33)12-15-1-2-15/h11,13-18,22-23H,1-10,12H2,(H,36,41)(H,37,42)/t22?,23-/m0/s1. The van der Waals surface area contributed by atoms with Crippen molar-refractivity contribution >= 4 is 17.5 Å². The second-order valence-corrected chi connectivity index (χ2v) is 12.8. The maximum Gasteiger partial charge on any atom is 0.324 e. The first-order chi connectivity index (χ1) is 20.6. The van der Waals surface area contributed by atoms with Gasteiger partial charge in [-0.05, 0) is 85.9 Å². The Labute approximate surface area is 244 Å². The van der Waals surface area contributed by atoms with Crippen LogP contribution in [0.2, 0.25) is 0 Å². The molecule has 230 valence electrons. The van der Waals surface area contributed by atoms with Gasteiger partial charge in [0.15, 0.2) is 11.3 Å². The first-order valence-electron chi connectivity index (χ1n) is 15.1. The zero-order chi connectivity index (χ0) is 29.9. The van der Waals surface area contributed by atoms with Gasteiger partial charge in [0.2, 0.25) is 5.92 Å². The summed E-state index contributed by atoms with van der Waals surface area (Å²) in [6.45, 7) is 0. The normalized spacial score (nSPS) is 22.3. The summed E-state index contributed by atoms with van der Waals surface area (Å²) in [5.41, 5.74) is 1.95. The number of hydrogen-bond donors (Lipinski definition) is 2. The van der Waals surface area contributed by atoms with Crippen molar-refractivity contribution in [3.05, 3.63) is 41.1 Å². The molecule has 3 heterocycles. The quantitative estimate of drug-likeness (QED) is 0.285. The number of nitrogens with zero attached hydrogens (tertiary/aromatic N) is 5. The van der Waals surface area contributed by atoms with Crippen LogP contribution in [0.3, 0.4) is 0 Å². The second kappa shape index (κ2) is 10.5. The molecule has 0 spiro atoms. The van der Waals surface area contributed by atoms with Gasteiger partial charge in [-0.2, -0.15) is 13.9 Å². The molecule has 3 aromatic heterocycles. The van der Waals surface area contributed by atoms with Gasteiger partial charge in [0.05, 0.1) is 30.2 Å². The van der Waals surface area contributed by atoms with Gasteiger partial charge in [-0.1, -0.05) is 5.16 Å². The van der Waals surface area contributed by atoms with Crippen LogP contribution in [0.1, 0.15) is 116 Å². The van der Waals surface area contributed by atoms with E-state index in [1.165, 1.54) is 10.7 Å². The first-order valence-corrected chi connectivity index (χ1v) is 15.1. The van der Waals surface area contributed by atoms with Crippen LogP contribution in [0.25, 0.3) is 5.65 Å². The Morgan fingerprint density at radius 2 is 1.72 bits per heavy atom. The van der Waals surface area contributed by atoms with E-state index in [2.05, 4.69) is 26.0 Å². The first kappa shape index (κ1) is 28.2. The van der Waals surface area contributed by atoms with Crippen LogP contribution in [0.15, 0.2) is 23.1 Å². The number of nitrogens with one attached hydrogen (secondary N) is 2. The van der Waals surface area contributed by atoms with Crippen molar-refractivity contribution in [3.63, 3.8) is 0 Å². The number of rotatable bonds is 11. The molecule has 7 rings (SSSR count). The van der Waals surface area contributed by atoms with Gasteiger partial charge in [-0.3, -0.25) is 9.59 Å². The van der Waals surface area contributed by atoms with Gasteiger partial charge in [0.25, 0.3) is 11.8 Å². The van der Waals surface area contributed by atoms with Gasteiger partial charge < -0.3 is 10.6 Å². The molecule has 0 saturated heterocycles. The van der Waals surface area contributed by atoms with Crippen molar-refractivity contribution in [1.29, 1.82) is 0 Å². The fraction of sp³-hybridized carbons (Fsp3) is 0.655. The van der Waals surface area contributed by atoms with Crippen LogP contribution in [0, 0.1) is 17.8 Å². The molecule has 2 amide bonds. The molecule has 1 unspecified atom stereocenters. The lowest BCUT2D eigenvalue weighted by Crippen LogP contribution is -2.43. The molecule has 4 fully saturated rings. The van der Waals surface area contributed by atoms with Gasteiger partial charge in [-0.25, -0.2) is 22.9 Å². The Kier molecular flexibility index (Phi) is 6.92. The van der Waals surface area contributed by atoms with Gasteiger partial charge >= 0.3 is 5.92 Å². The highest BCUT2D eigenvalue weighted by atomic mass is 19.3. The molecule has 0 aliphatic heterocycles. The molecule has 0 radical (unpaired) electrons. The number of halogens is 4. The number of carbonyl (C=O) groups excluding carboxylic acids is 2. The predicted octanol–water partition coefficient (Wildman–Crippen LogP) is 5.29. The minimum absolute atomic E-state index is 0.0204. The van der Waals surface area contributed by atoms with Crippen molar-refractivity contribution in [1.82, 2.24) is 35.5 Å². The molecular formula is C29H33F4N7O3. The molecule has 10 nitrogen and oxygen atoms in total. The number of imidazole rings is 1. The Morgan fingerprint density at radius 1 is 1.00 bits per heavy atom. The van der Waals surface area contributed by atoms with E-state index >= 15 is 0 Å². The lowest BCUT2D eigenvalue weighted by molar-refractivity contribution is -0.148. The van der Waals surface area contributed by atoms with Crippen molar-refractivity contribution in [3.8, 4) is 0 Å². The summed E-state index contributed by atoms with van der Waals surface area (Å²) in [4.78, 5) is 30.6. The smallest absolute Gasteiger partial charge is 0.324 e. The minimum atomic E-state index is -3.44. The van der Waals surface area contributed by atoms with Crippen LogP contribution < -0.4 is 10.6 Å². The summed E-state index contributed by atoms with van der Waals surface area (Å²) < 4.78 is 63.6. The van der Waals surface area contributed by atoms with Crippen LogP contribution >= 0.6 is 0 Å². The summed E-state index contributed by atoms with van der Waals surface area (Å²) in [5, 5.41) is 17.6. The van der Waals surface area contributed by atoms with E-state index in [4.69, 9.17) is 9.61 Å². The molecule has 3 aromatic rings. The summed E-state index contributed by atoms with van der Waals surface area (Å²) in [6, 6.07) is 0.351. The molecule has 2 atom stereocenters. The average molecular weight is 604 g/mol. The molecule has 4 aliphatic carbocycles. The second-order valence-electron chi connectivity index (χ2n) is 12.8. The predicted molar refractivity (Wildman–Crippen MR) is 142 cm³/mol. The highest BCUT2D eigenvalue weighted by molar-refractivity contribution is 5.93. The van der Waals surface area contributed by atoms with Gasteiger partial charge in [-0.15, -0.1) is 0 Å². The molecule has 0 bridgehead atoms. The summed E-state index contributed by atoms with van der Waals surface area (Å²) >= 11 is 0. The Bertz CT molecular complexity index is 1520. The topological polar surface area (TPSA) is 127 Å². The Morgan fingerprint density at radius 3 is 2.40 bits per heavy atom. The third-order valence-corrected chi connectivity index (χ3v) is 9.20. The van der Waals surface area contributed by atoms with Gasteiger partial charge in [0, 0.05) is 25.2 Å². The summed E-state index contributed by atoms with van der Waals surface area (Å²) in [7, 11) is 0. The van der Waals surface area contributed by atoms with Crippen LogP contribution in [0.4, 0.5) is 17.6 Å². The van der Waals surface area contributed by atoms with Gasteiger partial charge in [0.1, 0.15) is 5.69 Å². The molecule has 4 saturated carbocycles. The van der Waals surface area contributed by atoms with Crippen molar-refractivity contribution < 1.29 is 31.8 Å².